The maximum Gasteiger partial charge on any atom is 0.286 e. The summed E-state index contributed by atoms with van der Waals surface area (Å²) in [5, 5.41) is 0.866. The molecule has 1 aromatic rings. The molecule has 3 heterocycles. The number of pyridine rings is 1. The molecule has 0 aromatic carbocycles. The predicted molar refractivity (Wildman–Crippen MR) is 77.7 cm³/mol. The van der Waals surface area contributed by atoms with Crippen LogP contribution in [0.1, 0.15) is 24.8 Å². The van der Waals surface area contributed by atoms with Gasteiger partial charge in [-0.05, 0) is 54.8 Å². The van der Waals surface area contributed by atoms with Crippen molar-refractivity contribution in [1.82, 2.24) is 9.88 Å². The maximum atomic E-state index is 11.9. The number of likely N-dealkylation sites (tertiary alicyclic amines) is 1. The Balaban J connectivity index is 1.74. The van der Waals surface area contributed by atoms with E-state index in [2.05, 4.69) is 14.9 Å². The Morgan fingerprint density at radius 2 is 1.89 bits per heavy atom. The summed E-state index contributed by atoms with van der Waals surface area (Å²) in [5.41, 5.74) is 0.987. The highest BCUT2D eigenvalue weighted by Gasteiger charge is 2.26. The lowest BCUT2D eigenvalue weighted by molar-refractivity contribution is -0.113. The number of piperidine rings is 1. The number of amides is 1. The standard InChI is InChI=1S/C14H15N3OS/c18-13-12(10-11-4-6-15-7-5-11)19-14(16-13)17-8-2-1-3-9-17/h4-7,10H,1-3,8-9H2/b12-10+. The fraction of sp³-hybridized carbons (Fsp3) is 0.357. The number of aliphatic imine (C=N–C) groups is 1. The molecule has 5 heteroatoms. The second kappa shape index (κ2) is 5.57. The molecule has 1 amide bonds. The average Bonchev–Trinajstić information content (AvgIpc) is 2.82. The minimum absolute atomic E-state index is 0.123. The summed E-state index contributed by atoms with van der Waals surface area (Å²) in [6, 6.07) is 3.78. The molecule has 98 valence electrons. The van der Waals surface area contributed by atoms with Gasteiger partial charge in [-0.25, -0.2) is 0 Å². The first kappa shape index (κ1) is 12.4. The Kier molecular flexibility index (Phi) is 3.64. The first-order chi connectivity index (χ1) is 9.33. The predicted octanol–water partition coefficient (Wildman–Crippen LogP) is 2.54. The molecule has 0 spiro atoms. The quantitative estimate of drug-likeness (QED) is 0.738. The molecule has 1 aromatic heterocycles. The molecule has 0 unspecified atom stereocenters. The number of hydrogen-bond acceptors (Lipinski definition) is 4. The monoisotopic (exact) mass is 273 g/mol. The van der Waals surface area contributed by atoms with Crippen LogP contribution in [0.5, 0.6) is 0 Å². The van der Waals surface area contributed by atoms with E-state index >= 15 is 0 Å². The molecule has 2 aliphatic heterocycles. The smallest absolute Gasteiger partial charge is 0.286 e. The summed E-state index contributed by atoms with van der Waals surface area (Å²) in [7, 11) is 0. The van der Waals surface area contributed by atoms with Gasteiger partial charge in [-0.1, -0.05) is 0 Å². The van der Waals surface area contributed by atoms with E-state index in [1.807, 2.05) is 18.2 Å². The van der Waals surface area contributed by atoms with E-state index in [-0.39, 0.29) is 5.91 Å². The summed E-state index contributed by atoms with van der Waals surface area (Å²) in [6.45, 7) is 2.03. The molecule has 1 saturated heterocycles. The molecule has 3 rings (SSSR count). The van der Waals surface area contributed by atoms with Gasteiger partial charge in [-0.15, -0.1) is 0 Å². The zero-order chi connectivity index (χ0) is 13.1. The van der Waals surface area contributed by atoms with Gasteiger partial charge >= 0.3 is 0 Å². The highest BCUT2D eigenvalue weighted by molar-refractivity contribution is 8.18. The minimum atomic E-state index is -0.123. The van der Waals surface area contributed by atoms with E-state index in [9.17, 15) is 4.79 Å². The van der Waals surface area contributed by atoms with Crippen LogP contribution in [0.15, 0.2) is 34.4 Å². The summed E-state index contributed by atoms with van der Waals surface area (Å²) in [4.78, 5) is 23.0. The van der Waals surface area contributed by atoms with Crippen LogP contribution in [0.2, 0.25) is 0 Å². The van der Waals surface area contributed by atoms with Crippen LogP contribution in [-0.2, 0) is 4.79 Å². The van der Waals surface area contributed by atoms with Gasteiger partial charge in [0.25, 0.3) is 5.91 Å². The largest absolute Gasteiger partial charge is 0.351 e. The van der Waals surface area contributed by atoms with Crippen molar-refractivity contribution >= 4 is 28.9 Å². The third kappa shape index (κ3) is 2.87. The lowest BCUT2D eigenvalue weighted by Crippen LogP contribution is -2.33. The van der Waals surface area contributed by atoms with Crippen LogP contribution in [0.3, 0.4) is 0 Å². The van der Waals surface area contributed by atoms with Crippen LogP contribution in [0.25, 0.3) is 6.08 Å². The fourth-order valence-corrected chi connectivity index (χ4v) is 3.19. The van der Waals surface area contributed by atoms with Gasteiger partial charge in [-0.2, -0.15) is 4.99 Å². The second-order valence-corrected chi connectivity index (χ2v) is 5.65. The maximum absolute atomic E-state index is 11.9. The zero-order valence-corrected chi connectivity index (χ0v) is 11.4. The molecule has 0 aliphatic carbocycles. The van der Waals surface area contributed by atoms with E-state index < -0.39 is 0 Å². The van der Waals surface area contributed by atoms with Crippen LogP contribution in [0, 0.1) is 0 Å². The molecule has 0 bridgehead atoms. The molecule has 0 N–H and O–H groups in total. The van der Waals surface area contributed by atoms with Crippen molar-refractivity contribution in [2.45, 2.75) is 19.3 Å². The summed E-state index contributed by atoms with van der Waals surface area (Å²) in [5.74, 6) is -0.123. The fourth-order valence-electron chi connectivity index (χ4n) is 2.23. The van der Waals surface area contributed by atoms with Gasteiger partial charge in [0, 0.05) is 25.5 Å². The van der Waals surface area contributed by atoms with E-state index in [4.69, 9.17) is 0 Å². The van der Waals surface area contributed by atoms with Gasteiger partial charge in [-0.3, -0.25) is 9.78 Å². The van der Waals surface area contributed by atoms with Crippen LogP contribution in [0.4, 0.5) is 0 Å². The van der Waals surface area contributed by atoms with Crippen molar-refractivity contribution < 1.29 is 4.79 Å². The molecule has 4 nitrogen and oxygen atoms in total. The Hall–Kier alpha value is -1.62. The lowest BCUT2D eigenvalue weighted by Gasteiger charge is -2.27. The van der Waals surface area contributed by atoms with Gasteiger partial charge in [0.15, 0.2) is 5.17 Å². The molecule has 0 atom stereocenters. The summed E-state index contributed by atoms with van der Waals surface area (Å²) >= 11 is 1.49. The zero-order valence-electron chi connectivity index (χ0n) is 10.6. The number of nitrogens with zero attached hydrogens (tertiary/aromatic N) is 3. The third-order valence-electron chi connectivity index (χ3n) is 3.24. The van der Waals surface area contributed by atoms with Crippen LogP contribution >= 0.6 is 11.8 Å². The van der Waals surface area contributed by atoms with Crippen molar-refractivity contribution in [3.05, 3.63) is 35.0 Å². The average molecular weight is 273 g/mol. The minimum Gasteiger partial charge on any atom is -0.351 e. The second-order valence-electron chi connectivity index (χ2n) is 4.64. The highest BCUT2D eigenvalue weighted by atomic mass is 32.2. The number of carbonyl (C=O) groups is 1. The Morgan fingerprint density at radius 3 is 2.63 bits per heavy atom. The Morgan fingerprint density at radius 1 is 1.16 bits per heavy atom. The van der Waals surface area contributed by atoms with Gasteiger partial charge < -0.3 is 4.90 Å². The molecule has 19 heavy (non-hydrogen) atoms. The Labute approximate surface area is 116 Å². The van der Waals surface area contributed by atoms with E-state index in [1.165, 1.54) is 31.0 Å². The molecular formula is C14H15N3OS. The van der Waals surface area contributed by atoms with Crippen molar-refractivity contribution in [1.29, 1.82) is 0 Å². The molecule has 1 fully saturated rings. The Bertz CT molecular complexity index is 533. The van der Waals surface area contributed by atoms with Gasteiger partial charge in [0.1, 0.15) is 0 Å². The summed E-state index contributed by atoms with van der Waals surface area (Å²) < 4.78 is 0. The van der Waals surface area contributed by atoms with Crippen molar-refractivity contribution in [3.8, 4) is 0 Å². The first-order valence-corrected chi connectivity index (χ1v) is 7.32. The molecule has 0 radical (unpaired) electrons. The topological polar surface area (TPSA) is 45.6 Å². The number of thioether (sulfide) groups is 1. The number of aromatic nitrogens is 1. The summed E-state index contributed by atoms with van der Waals surface area (Å²) in [6.07, 6.45) is 9.00. The third-order valence-corrected chi connectivity index (χ3v) is 4.28. The van der Waals surface area contributed by atoms with Crippen LogP contribution in [-0.4, -0.2) is 34.0 Å². The molecular weight excluding hydrogens is 258 g/mol. The van der Waals surface area contributed by atoms with Crippen molar-refractivity contribution in [2.24, 2.45) is 4.99 Å². The number of amidine groups is 1. The number of carbonyl (C=O) groups excluding carboxylic acids is 1. The first-order valence-electron chi connectivity index (χ1n) is 6.50. The van der Waals surface area contributed by atoms with E-state index in [0.29, 0.717) is 4.91 Å². The van der Waals surface area contributed by atoms with Crippen LogP contribution < -0.4 is 0 Å². The van der Waals surface area contributed by atoms with E-state index in [0.717, 1.165) is 23.8 Å². The lowest BCUT2D eigenvalue weighted by atomic mass is 10.1. The molecule has 2 aliphatic rings. The number of hydrogen-bond donors (Lipinski definition) is 0. The highest BCUT2D eigenvalue weighted by Crippen LogP contribution is 2.31. The normalized spacial score (nSPS) is 21.9. The van der Waals surface area contributed by atoms with Gasteiger partial charge in [0.2, 0.25) is 0 Å². The van der Waals surface area contributed by atoms with E-state index in [1.54, 1.807) is 12.4 Å². The molecule has 0 saturated carbocycles. The SMILES string of the molecule is O=C1N=C(N2CCCCC2)S/C1=C/c1ccncc1. The van der Waals surface area contributed by atoms with Crippen molar-refractivity contribution in [3.63, 3.8) is 0 Å². The van der Waals surface area contributed by atoms with Gasteiger partial charge in [0.05, 0.1) is 4.91 Å². The van der Waals surface area contributed by atoms with Crippen molar-refractivity contribution in [2.75, 3.05) is 13.1 Å². The number of rotatable bonds is 1.